The summed E-state index contributed by atoms with van der Waals surface area (Å²) in [7, 11) is 0. The normalized spacial score (nSPS) is 7.20. The number of rotatable bonds is 0. The first-order valence-corrected chi connectivity index (χ1v) is 5.89. The average molecular weight is 146 g/mol. The molecule has 29 valence electrons. The molecule has 5 heteroatoms. The molecule has 0 amide bonds. The van der Waals surface area contributed by atoms with Crippen molar-refractivity contribution in [2.24, 2.45) is 0 Å². The molecule has 0 heterocycles. The Bertz CT molecular complexity index is 11.6. The van der Waals surface area contributed by atoms with Crippen molar-refractivity contribution in [2.75, 3.05) is 0 Å². The predicted octanol–water partition coefficient (Wildman–Crippen LogP) is 1.04. The van der Waals surface area contributed by atoms with Crippen molar-refractivity contribution >= 4 is 48.4 Å². The van der Waals surface area contributed by atoms with Crippen LogP contribution in [0.5, 0.6) is 0 Å². The van der Waals surface area contributed by atoms with Crippen LogP contribution in [0.15, 0.2) is 0 Å². The fourth-order valence-corrected chi connectivity index (χ4v) is 0. The van der Waals surface area contributed by atoms with Gasteiger partial charge in [0.05, 0.1) is 0 Å². The highest BCUT2D eigenvalue weighted by Gasteiger charge is 1.85. The van der Waals surface area contributed by atoms with Gasteiger partial charge in [0.15, 0.2) is 0 Å². The van der Waals surface area contributed by atoms with Gasteiger partial charge in [-0.3, -0.25) is 0 Å². The molecule has 0 rings (SSSR count). The smallest absolute Gasteiger partial charge is 0.130 e. The van der Waals surface area contributed by atoms with Gasteiger partial charge in [0.1, 0.15) is 0 Å². The van der Waals surface area contributed by atoms with Crippen molar-refractivity contribution < 1.29 is 0 Å². The van der Waals surface area contributed by atoms with E-state index in [4.69, 9.17) is 33.2 Å². The molecule has 0 aliphatic heterocycles. The van der Waals surface area contributed by atoms with E-state index in [-0.39, 0.29) is 8.41 Å². The lowest BCUT2D eigenvalue weighted by Gasteiger charge is -1.65. The molecule has 0 nitrogen and oxygen atoms in total. The summed E-state index contributed by atoms with van der Waals surface area (Å²) in [5, 5.41) is 0. The highest BCUT2D eigenvalue weighted by Crippen LogP contribution is 1.97. The van der Waals surface area contributed by atoms with Gasteiger partial charge in [-0.05, 0) is 0 Å². The van der Waals surface area contributed by atoms with Crippen LogP contribution in [0.3, 0.4) is 0 Å². The van der Waals surface area contributed by atoms with Gasteiger partial charge in [-0.2, -0.15) is 0 Å². The van der Waals surface area contributed by atoms with Crippen LogP contribution < -0.4 is 0 Å². The summed E-state index contributed by atoms with van der Waals surface area (Å²) in [6.45, 7) is -1.72. The average Bonchev–Trinajstić information content (AvgIpc) is 0.811. The summed E-state index contributed by atoms with van der Waals surface area (Å²) in [5.41, 5.74) is 0. The number of halogens is 3. The fraction of sp³-hybridized carbons (Fsp3) is 0. The van der Waals surface area contributed by atoms with Gasteiger partial charge in [-0.15, -0.1) is 33.2 Å². The van der Waals surface area contributed by atoms with Crippen molar-refractivity contribution in [2.45, 2.75) is 0 Å². The van der Waals surface area contributed by atoms with E-state index >= 15 is 0 Å². The van der Waals surface area contributed by atoms with Crippen molar-refractivity contribution in [1.29, 1.82) is 0 Å². The lowest BCUT2D eigenvalue weighted by molar-refractivity contribution is 4.07. The van der Waals surface area contributed by atoms with Gasteiger partial charge in [-0.1, -0.05) is 0 Å². The molecule has 0 saturated carbocycles. The molecule has 0 atom stereocenters. The Hall–Kier alpha value is 1.15. The maximum Gasteiger partial charge on any atom is 0.326 e. The van der Waals surface area contributed by atoms with E-state index in [2.05, 4.69) is 0 Å². The molecule has 0 fully saturated rings. The third-order valence-electron chi connectivity index (χ3n) is 0. The standard InChI is InChI=1S/B.Cl3HSi/c;1-4(2)3/h;4H. The minimum atomic E-state index is -1.72. The summed E-state index contributed by atoms with van der Waals surface area (Å²) in [5.74, 6) is 0. The minimum absolute atomic E-state index is 0. The SMILES string of the molecule is Cl[SiH](Cl)Cl.[B]. The second-order valence-electron chi connectivity index (χ2n) is 0.247. The Morgan fingerprint density at radius 1 is 1.00 bits per heavy atom. The van der Waals surface area contributed by atoms with E-state index < -0.39 is 6.73 Å². The van der Waals surface area contributed by atoms with Crippen molar-refractivity contribution in [3.8, 4) is 0 Å². The summed E-state index contributed by atoms with van der Waals surface area (Å²) in [6, 6.07) is 0. The van der Waals surface area contributed by atoms with Crippen LogP contribution in [0.1, 0.15) is 0 Å². The van der Waals surface area contributed by atoms with E-state index in [1.807, 2.05) is 0 Å². The Balaban J connectivity index is 0. The van der Waals surface area contributed by atoms with Crippen molar-refractivity contribution in [1.82, 2.24) is 0 Å². The molecule has 5 heavy (non-hydrogen) atoms. The van der Waals surface area contributed by atoms with Crippen LogP contribution in [-0.4, -0.2) is 15.1 Å². The summed E-state index contributed by atoms with van der Waals surface area (Å²) in [4.78, 5) is 0. The van der Waals surface area contributed by atoms with Gasteiger partial charge in [0.25, 0.3) is 0 Å². The molecule has 0 spiro atoms. The second kappa shape index (κ2) is 5.15. The molecule has 0 aromatic carbocycles. The molecule has 0 unspecified atom stereocenters. The van der Waals surface area contributed by atoms with Crippen LogP contribution in [-0.2, 0) is 0 Å². The maximum atomic E-state index is 4.94. The van der Waals surface area contributed by atoms with E-state index in [0.717, 1.165) is 0 Å². The van der Waals surface area contributed by atoms with Crippen LogP contribution in [0.4, 0.5) is 0 Å². The molecular weight excluding hydrogens is 145 g/mol. The molecule has 0 aromatic rings. The molecule has 3 radical (unpaired) electrons. The fourth-order valence-electron chi connectivity index (χ4n) is 0. The molecule has 0 saturated heterocycles. The van der Waals surface area contributed by atoms with Gasteiger partial charge in [0, 0.05) is 8.41 Å². The van der Waals surface area contributed by atoms with Gasteiger partial charge >= 0.3 is 6.73 Å². The minimum Gasteiger partial charge on any atom is -0.130 e. The highest BCUT2D eigenvalue weighted by atomic mass is 35.8. The molecule has 0 aliphatic carbocycles. The van der Waals surface area contributed by atoms with Gasteiger partial charge < -0.3 is 0 Å². The van der Waals surface area contributed by atoms with Gasteiger partial charge in [0.2, 0.25) is 0 Å². The van der Waals surface area contributed by atoms with Crippen LogP contribution in [0, 0.1) is 0 Å². The third kappa shape index (κ3) is 38.6. The Morgan fingerprint density at radius 3 is 1.00 bits per heavy atom. The van der Waals surface area contributed by atoms with Crippen molar-refractivity contribution in [3.05, 3.63) is 0 Å². The highest BCUT2D eigenvalue weighted by molar-refractivity contribution is 7.54. The quantitative estimate of drug-likeness (QED) is 0.354. The van der Waals surface area contributed by atoms with E-state index in [0.29, 0.717) is 0 Å². The zero-order valence-electron chi connectivity index (χ0n) is 2.29. The third-order valence-corrected chi connectivity index (χ3v) is 0. The first-order valence-electron chi connectivity index (χ1n) is 0.655. The molecule has 0 aromatic heterocycles. The molecular formula is HBCl3Si. The summed E-state index contributed by atoms with van der Waals surface area (Å²) >= 11 is 14.8. The molecule has 0 N–H and O–H groups in total. The maximum absolute atomic E-state index is 4.94. The van der Waals surface area contributed by atoms with Crippen molar-refractivity contribution in [3.63, 3.8) is 0 Å². The molecule has 0 bridgehead atoms. The summed E-state index contributed by atoms with van der Waals surface area (Å²) in [6.07, 6.45) is 0. The Kier molecular flexibility index (Phi) is 9.76. The zero-order valence-corrected chi connectivity index (χ0v) is 5.71. The van der Waals surface area contributed by atoms with E-state index in [1.165, 1.54) is 0 Å². The lowest BCUT2D eigenvalue weighted by Crippen LogP contribution is -1.66. The second-order valence-corrected chi connectivity index (χ2v) is 6.68. The van der Waals surface area contributed by atoms with E-state index in [9.17, 15) is 0 Å². The Labute approximate surface area is 48.7 Å². The predicted molar refractivity (Wildman–Crippen MR) is 30.5 cm³/mol. The van der Waals surface area contributed by atoms with Gasteiger partial charge in [-0.25, -0.2) is 0 Å². The Morgan fingerprint density at radius 2 is 1.00 bits per heavy atom. The van der Waals surface area contributed by atoms with Crippen LogP contribution >= 0.6 is 33.2 Å². The van der Waals surface area contributed by atoms with Crippen LogP contribution in [0.25, 0.3) is 0 Å². The number of hydrogen-bond donors (Lipinski definition) is 0. The number of hydrogen-bond acceptors (Lipinski definition) is 0. The monoisotopic (exact) mass is 145 g/mol. The summed E-state index contributed by atoms with van der Waals surface area (Å²) < 4.78 is 0. The molecule has 0 aliphatic rings. The first-order chi connectivity index (χ1) is 1.73. The first kappa shape index (κ1) is 9.47. The zero-order chi connectivity index (χ0) is 3.58. The largest absolute Gasteiger partial charge is 0.326 e. The van der Waals surface area contributed by atoms with E-state index in [1.54, 1.807) is 0 Å². The lowest BCUT2D eigenvalue weighted by atomic mass is 10.8. The topological polar surface area (TPSA) is 0 Å². The van der Waals surface area contributed by atoms with Crippen LogP contribution in [0.2, 0.25) is 0 Å².